The molecule has 0 saturated carbocycles. The fourth-order valence-corrected chi connectivity index (χ4v) is 1.37. The monoisotopic (exact) mass is 238 g/mol. The minimum atomic E-state index is 0.212. The Kier molecular flexibility index (Phi) is 4.62. The summed E-state index contributed by atoms with van der Waals surface area (Å²) in [5.74, 6) is 0.774. The highest BCUT2D eigenvalue weighted by Gasteiger charge is 2.12. The van der Waals surface area contributed by atoms with Gasteiger partial charge in [0.15, 0.2) is 0 Å². The van der Waals surface area contributed by atoms with Crippen LogP contribution in [0.5, 0.6) is 5.75 Å². The Morgan fingerprint density at radius 2 is 2.31 bits per heavy atom. The van der Waals surface area contributed by atoms with Crippen LogP contribution in [-0.2, 0) is 4.74 Å². The number of hydrogen-bond donors (Lipinski definition) is 0. The maximum Gasteiger partial charge on any atom is 0.235 e. The van der Waals surface area contributed by atoms with Gasteiger partial charge in [0.1, 0.15) is 5.75 Å². The summed E-state index contributed by atoms with van der Waals surface area (Å²) in [5, 5.41) is 9.10. The predicted molar refractivity (Wildman–Crippen MR) is 61.8 cm³/mol. The second-order valence-corrected chi connectivity index (χ2v) is 3.23. The van der Waals surface area contributed by atoms with E-state index in [-0.39, 0.29) is 5.90 Å². The summed E-state index contributed by atoms with van der Waals surface area (Å²) in [6.07, 6.45) is 1.69. The molecule has 0 aliphatic carbocycles. The zero-order valence-electron chi connectivity index (χ0n) is 9.03. The minimum Gasteiger partial charge on any atom is -0.496 e. The zero-order chi connectivity index (χ0) is 12.0. The van der Waals surface area contributed by atoms with Gasteiger partial charge in [0, 0.05) is 5.02 Å². The highest BCUT2D eigenvalue weighted by atomic mass is 35.5. The van der Waals surface area contributed by atoms with Gasteiger partial charge in [0.25, 0.3) is 0 Å². The number of ether oxygens (including phenoxy) is 2. The van der Waals surface area contributed by atoms with E-state index in [1.165, 1.54) is 7.11 Å². The molecule has 0 fully saturated rings. The van der Waals surface area contributed by atoms with Crippen LogP contribution in [0.1, 0.15) is 12.5 Å². The molecule has 16 heavy (non-hydrogen) atoms. The van der Waals surface area contributed by atoms with Gasteiger partial charge in [-0.05, 0) is 25.1 Å². The number of rotatable bonds is 3. The van der Waals surface area contributed by atoms with Gasteiger partial charge in [-0.2, -0.15) is 5.26 Å². The number of nitrogens with zero attached hydrogens (tertiary/aromatic N) is 2. The molecule has 0 saturated heterocycles. The maximum absolute atomic E-state index is 8.57. The third kappa shape index (κ3) is 2.88. The van der Waals surface area contributed by atoms with Gasteiger partial charge < -0.3 is 9.47 Å². The van der Waals surface area contributed by atoms with E-state index >= 15 is 0 Å². The fraction of sp³-hybridized carbons (Fsp3) is 0.273. The molecular weight excluding hydrogens is 228 g/mol. The normalized spacial score (nSPS) is 10.8. The Hall–Kier alpha value is -1.73. The first-order valence-corrected chi connectivity index (χ1v) is 5.04. The average molecular weight is 239 g/mol. The van der Waals surface area contributed by atoms with Crippen LogP contribution in [0.3, 0.4) is 0 Å². The molecule has 0 aromatic heterocycles. The lowest BCUT2D eigenvalue weighted by Gasteiger charge is -2.10. The summed E-state index contributed by atoms with van der Waals surface area (Å²) in [5.41, 5.74) is 0.568. The molecule has 0 bridgehead atoms. The van der Waals surface area contributed by atoms with E-state index in [1.54, 1.807) is 24.4 Å². The van der Waals surface area contributed by atoms with Gasteiger partial charge in [-0.15, -0.1) is 4.99 Å². The summed E-state index contributed by atoms with van der Waals surface area (Å²) in [4.78, 5) is 3.60. The van der Waals surface area contributed by atoms with Crippen molar-refractivity contribution in [3.05, 3.63) is 28.8 Å². The van der Waals surface area contributed by atoms with Crippen molar-refractivity contribution in [1.29, 1.82) is 5.26 Å². The van der Waals surface area contributed by atoms with Gasteiger partial charge in [-0.1, -0.05) is 11.6 Å². The van der Waals surface area contributed by atoms with Crippen molar-refractivity contribution in [2.75, 3.05) is 13.7 Å². The quantitative estimate of drug-likeness (QED) is 0.462. The molecule has 0 heterocycles. The van der Waals surface area contributed by atoms with E-state index in [9.17, 15) is 0 Å². The van der Waals surface area contributed by atoms with E-state index in [1.807, 2.05) is 6.92 Å². The number of methoxy groups -OCH3 is 1. The van der Waals surface area contributed by atoms with E-state index in [0.29, 0.717) is 22.9 Å². The summed E-state index contributed by atoms with van der Waals surface area (Å²) in [6.45, 7) is 2.22. The van der Waals surface area contributed by atoms with Crippen molar-refractivity contribution < 1.29 is 9.47 Å². The second-order valence-electron chi connectivity index (χ2n) is 2.79. The number of benzene rings is 1. The Labute approximate surface area is 99.1 Å². The lowest BCUT2D eigenvalue weighted by molar-refractivity contribution is 0.326. The Bertz CT molecular complexity index is 438. The van der Waals surface area contributed by atoms with Crippen LogP contribution in [0.4, 0.5) is 0 Å². The molecule has 0 amide bonds. The van der Waals surface area contributed by atoms with Crippen LogP contribution < -0.4 is 4.74 Å². The smallest absolute Gasteiger partial charge is 0.235 e. The lowest BCUT2D eigenvalue weighted by Crippen LogP contribution is -2.08. The van der Waals surface area contributed by atoms with Crippen molar-refractivity contribution in [3.63, 3.8) is 0 Å². The molecule has 0 N–H and O–H groups in total. The molecule has 1 aromatic rings. The summed E-state index contributed by atoms with van der Waals surface area (Å²) in [7, 11) is 1.53. The average Bonchev–Trinajstić information content (AvgIpc) is 2.29. The Morgan fingerprint density at radius 3 is 2.88 bits per heavy atom. The van der Waals surface area contributed by atoms with Crippen molar-refractivity contribution >= 4 is 17.5 Å². The molecule has 84 valence electrons. The van der Waals surface area contributed by atoms with E-state index in [4.69, 9.17) is 26.3 Å². The largest absolute Gasteiger partial charge is 0.496 e. The van der Waals surface area contributed by atoms with Crippen molar-refractivity contribution in [1.82, 2.24) is 0 Å². The van der Waals surface area contributed by atoms with Crippen LogP contribution in [0.2, 0.25) is 5.02 Å². The van der Waals surface area contributed by atoms with Crippen LogP contribution in [-0.4, -0.2) is 19.6 Å². The first-order chi connectivity index (χ1) is 7.72. The molecule has 1 aromatic carbocycles. The lowest BCUT2D eigenvalue weighted by atomic mass is 10.2. The van der Waals surface area contributed by atoms with E-state index in [2.05, 4.69) is 4.99 Å². The van der Waals surface area contributed by atoms with Crippen molar-refractivity contribution in [3.8, 4) is 11.9 Å². The molecule has 0 atom stereocenters. The Balaban J connectivity index is 3.22. The number of hydrogen-bond acceptors (Lipinski definition) is 4. The summed E-state index contributed by atoms with van der Waals surface area (Å²) >= 11 is 5.87. The molecule has 5 heteroatoms. The van der Waals surface area contributed by atoms with Crippen LogP contribution >= 0.6 is 11.6 Å². The van der Waals surface area contributed by atoms with Gasteiger partial charge >= 0.3 is 0 Å². The third-order valence-electron chi connectivity index (χ3n) is 1.82. The first-order valence-electron chi connectivity index (χ1n) is 4.66. The first kappa shape index (κ1) is 12.3. The molecular formula is C11H11ClN2O2. The van der Waals surface area contributed by atoms with Crippen molar-refractivity contribution in [2.45, 2.75) is 6.92 Å². The maximum atomic E-state index is 8.57. The second kappa shape index (κ2) is 5.99. The summed E-state index contributed by atoms with van der Waals surface area (Å²) < 4.78 is 10.4. The van der Waals surface area contributed by atoms with Gasteiger partial charge in [-0.3, -0.25) is 0 Å². The van der Waals surface area contributed by atoms with E-state index in [0.717, 1.165) is 0 Å². The molecule has 0 unspecified atom stereocenters. The standard InChI is InChI=1S/C11H11ClN2O2/c1-3-16-11(14-7-13)9-6-8(12)4-5-10(9)15-2/h4-6H,3H2,1-2H3. The van der Waals surface area contributed by atoms with Gasteiger partial charge in [0.05, 0.1) is 19.3 Å². The minimum absolute atomic E-state index is 0.212. The number of nitriles is 1. The molecule has 0 spiro atoms. The highest BCUT2D eigenvalue weighted by molar-refractivity contribution is 6.31. The van der Waals surface area contributed by atoms with Gasteiger partial charge in [-0.25, -0.2) is 0 Å². The van der Waals surface area contributed by atoms with Crippen LogP contribution in [0, 0.1) is 11.5 Å². The molecule has 0 aliphatic heterocycles. The van der Waals surface area contributed by atoms with E-state index < -0.39 is 0 Å². The molecule has 4 nitrogen and oxygen atoms in total. The molecule has 1 rings (SSSR count). The predicted octanol–water partition coefficient (Wildman–Crippen LogP) is 2.61. The van der Waals surface area contributed by atoms with Crippen LogP contribution in [0.15, 0.2) is 23.2 Å². The Morgan fingerprint density at radius 1 is 1.56 bits per heavy atom. The number of halogens is 1. The molecule has 0 aliphatic rings. The fourth-order valence-electron chi connectivity index (χ4n) is 1.20. The third-order valence-corrected chi connectivity index (χ3v) is 2.06. The van der Waals surface area contributed by atoms with Crippen LogP contribution in [0.25, 0.3) is 0 Å². The summed E-state index contributed by atoms with van der Waals surface area (Å²) in [6, 6.07) is 5.04. The number of aliphatic imine (C=N–C) groups is 1. The highest BCUT2D eigenvalue weighted by Crippen LogP contribution is 2.23. The molecule has 0 radical (unpaired) electrons. The topological polar surface area (TPSA) is 54.6 Å². The van der Waals surface area contributed by atoms with Gasteiger partial charge in [0.2, 0.25) is 12.1 Å². The SMILES string of the molecule is CCOC(=NC#N)c1cc(Cl)ccc1OC. The zero-order valence-corrected chi connectivity index (χ0v) is 9.78. The van der Waals surface area contributed by atoms with Crippen molar-refractivity contribution in [2.24, 2.45) is 4.99 Å².